The molecule has 5 heteroatoms. The summed E-state index contributed by atoms with van der Waals surface area (Å²) in [5.41, 5.74) is 3.05. The highest BCUT2D eigenvalue weighted by Gasteiger charge is 2.28. The fourth-order valence-corrected chi connectivity index (χ4v) is 2.99. The Morgan fingerprint density at radius 2 is 2.00 bits per heavy atom. The zero-order valence-corrected chi connectivity index (χ0v) is 13.3. The molecule has 0 radical (unpaired) electrons. The average molecular weight is 304 g/mol. The lowest BCUT2D eigenvalue weighted by atomic mass is 9.96. The van der Waals surface area contributed by atoms with E-state index in [9.17, 15) is 9.90 Å². The molecular weight excluding hydrogens is 284 g/mol. The number of hydrogen-bond donors (Lipinski definition) is 2. The number of nitrogens with one attached hydrogen (secondary N) is 1. The Kier molecular flexibility index (Phi) is 5.07. The van der Waals surface area contributed by atoms with E-state index in [-0.39, 0.29) is 0 Å². The maximum atomic E-state index is 11.6. The van der Waals surface area contributed by atoms with Gasteiger partial charge in [0, 0.05) is 11.4 Å². The van der Waals surface area contributed by atoms with Gasteiger partial charge in [0.25, 0.3) is 0 Å². The number of benzene rings is 1. The molecule has 0 aromatic heterocycles. The summed E-state index contributed by atoms with van der Waals surface area (Å²) in [6, 6.07) is 7.44. The number of nitrogens with zero attached hydrogens (tertiary/aromatic N) is 1. The Balaban J connectivity index is 2.38. The number of aliphatic imine (C=N–C) groups is 1. The molecule has 4 nitrogen and oxygen atoms in total. The maximum absolute atomic E-state index is 11.6. The van der Waals surface area contributed by atoms with Crippen LogP contribution in [0.3, 0.4) is 0 Å². The molecule has 1 aromatic rings. The van der Waals surface area contributed by atoms with Crippen LogP contribution < -0.4 is 5.32 Å². The van der Waals surface area contributed by atoms with E-state index in [1.807, 2.05) is 31.2 Å². The van der Waals surface area contributed by atoms with Crippen molar-refractivity contribution in [2.24, 2.45) is 4.99 Å². The van der Waals surface area contributed by atoms with Gasteiger partial charge >= 0.3 is 5.97 Å². The van der Waals surface area contributed by atoms with Gasteiger partial charge in [-0.25, -0.2) is 9.79 Å². The number of aliphatic carboxylic acids is 1. The Bertz CT molecular complexity index is 591. The Morgan fingerprint density at radius 3 is 2.57 bits per heavy atom. The van der Waals surface area contributed by atoms with Gasteiger partial charge in [0.1, 0.15) is 6.04 Å². The summed E-state index contributed by atoms with van der Waals surface area (Å²) in [7, 11) is 0. The smallest absolute Gasteiger partial charge is 0.335 e. The van der Waals surface area contributed by atoms with Crippen LogP contribution in [0.2, 0.25) is 0 Å². The van der Waals surface area contributed by atoms with E-state index in [4.69, 9.17) is 0 Å². The zero-order chi connectivity index (χ0) is 15.4. The first-order valence-corrected chi connectivity index (χ1v) is 7.99. The minimum atomic E-state index is -0.922. The summed E-state index contributed by atoms with van der Waals surface area (Å²) < 4.78 is 0. The van der Waals surface area contributed by atoms with Crippen LogP contribution in [0.1, 0.15) is 37.4 Å². The Hall–Kier alpha value is -1.75. The molecule has 0 fully saturated rings. The normalized spacial score (nSPS) is 18.2. The summed E-state index contributed by atoms with van der Waals surface area (Å²) in [4.78, 5) is 16.2. The Labute approximate surface area is 129 Å². The van der Waals surface area contributed by atoms with E-state index < -0.39 is 12.0 Å². The number of carbonyl (C=O) groups is 1. The topological polar surface area (TPSA) is 61.7 Å². The first-order chi connectivity index (χ1) is 10.0. The summed E-state index contributed by atoms with van der Waals surface area (Å²) >= 11 is 1.63. The van der Waals surface area contributed by atoms with Gasteiger partial charge in [0.15, 0.2) is 5.17 Å². The molecule has 1 atom stereocenters. The number of aryl methyl sites for hydroxylation is 1. The van der Waals surface area contributed by atoms with Gasteiger partial charge in [-0.3, -0.25) is 0 Å². The summed E-state index contributed by atoms with van der Waals surface area (Å²) in [6.45, 7) is 5.92. The maximum Gasteiger partial charge on any atom is 0.335 e. The molecule has 0 saturated carbocycles. The average Bonchev–Trinajstić information content (AvgIpc) is 2.44. The lowest BCUT2D eigenvalue weighted by Crippen LogP contribution is -2.29. The van der Waals surface area contributed by atoms with Crippen molar-refractivity contribution in [3.8, 4) is 0 Å². The fourth-order valence-electron chi connectivity index (χ4n) is 2.19. The van der Waals surface area contributed by atoms with Gasteiger partial charge in [-0.1, -0.05) is 48.5 Å². The number of thioether (sulfide) groups is 1. The standard InChI is InChI=1S/C16H20N2O2S/c1-4-9-21-16-17-11(3)13(15(19)20)14(18-16)12-7-5-10(2)6-8-12/h5-8,14H,4,9H2,1-3H3,(H,17,18)(H,19,20). The van der Waals surface area contributed by atoms with E-state index in [2.05, 4.69) is 17.2 Å². The number of rotatable bonds is 4. The van der Waals surface area contributed by atoms with Crippen LogP contribution in [0.15, 0.2) is 40.5 Å². The fraction of sp³-hybridized carbons (Fsp3) is 0.375. The summed E-state index contributed by atoms with van der Waals surface area (Å²) in [6.07, 6.45) is 1.05. The second-order valence-corrected chi connectivity index (χ2v) is 6.15. The third-order valence-electron chi connectivity index (χ3n) is 3.28. The van der Waals surface area contributed by atoms with Gasteiger partial charge in [0.2, 0.25) is 0 Å². The van der Waals surface area contributed by atoms with E-state index in [0.29, 0.717) is 11.3 Å². The molecule has 1 aromatic carbocycles. The van der Waals surface area contributed by atoms with Gasteiger partial charge in [0.05, 0.1) is 5.57 Å². The first kappa shape index (κ1) is 15.6. The van der Waals surface area contributed by atoms with Crippen molar-refractivity contribution in [2.75, 3.05) is 5.75 Å². The van der Waals surface area contributed by atoms with Crippen LogP contribution in [0.4, 0.5) is 0 Å². The molecule has 21 heavy (non-hydrogen) atoms. The number of hydrogen-bond acceptors (Lipinski definition) is 4. The zero-order valence-electron chi connectivity index (χ0n) is 12.5. The predicted octanol–water partition coefficient (Wildman–Crippen LogP) is 3.50. The van der Waals surface area contributed by atoms with Crippen LogP contribution in [-0.4, -0.2) is 22.0 Å². The second kappa shape index (κ2) is 6.80. The van der Waals surface area contributed by atoms with Crippen molar-refractivity contribution < 1.29 is 9.90 Å². The summed E-state index contributed by atoms with van der Waals surface area (Å²) in [5, 5.41) is 13.4. The van der Waals surface area contributed by atoms with Gasteiger partial charge in [-0.2, -0.15) is 0 Å². The third kappa shape index (κ3) is 3.67. The van der Waals surface area contributed by atoms with Crippen LogP contribution >= 0.6 is 11.8 Å². The highest BCUT2D eigenvalue weighted by Crippen LogP contribution is 2.32. The van der Waals surface area contributed by atoms with Gasteiger partial charge in [-0.05, 0) is 25.8 Å². The van der Waals surface area contributed by atoms with Crippen LogP contribution in [-0.2, 0) is 4.79 Å². The number of carboxylic acids is 1. The van der Waals surface area contributed by atoms with E-state index in [1.165, 1.54) is 0 Å². The monoisotopic (exact) mass is 304 g/mol. The van der Waals surface area contributed by atoms with Gasteiger partial charge < -0.3 is 10.4 Å². The van der Waals surface area contributed by atoms with Crippen LogP contribution in [0.5, 0.6) is 0 Å². The predicted molar refractivity (Wildman–Crippen MR) is 87.6 cm³/mol. The molecule has 1 heterocycles. The number of carboxylic acid groups (broad SMARTS) is 1. The van der Waals surface area contributed by atoms with E-state index in [1.54, 1.807) is 18.7 Å². The molecule has 0 saturated heterocycles. The summed E-state index contributed by atoms with van der Waals surface area (Å²) in [5.74, 6) is 0.0381. The molecule has 0 spiro atoms. The second-order valence-electron chi connectivity index (χ2n) is 5.06. The van der Waals surface area contributed by atoms with Crippen molar-refractivity contribution in [3.63, 3.8) is 0 Å². The minimum absolute atomic E-state index is 0.319. The molecule has 1 aliphatic rings. The molecule has 0 aliphatic carbocycles. The molecule has 1 aliphatic heterocycles. The molecule has 2 N–H and O–H groups in total. The quantitative estimate of drug-likeness (QED) is 0.893. The van der Waals surface area contributed by atoms with Gasteiger partial charge in [-0.15, -0.1) is 0 Å². The molecule has 1 unspecified atom stereocenters. The van der Waals surface area contributed by atoms with Crippen molar-refractivity contribution >= 4 is 22.9 Å². The first-order valence-electron chi connectivity index (χ1n) is 7.01. The highest BCUT2D eigenvalue weighted by molar-refractivity contribution is 8.13. The minimum Gasteiger partial charge on any atom is -0.478 e. The Morgan fingerprint density at radius 1 is 1.33 bits per heavy atom. The van der Waals surface area contributed by atoms with E-state index >= 15 is 0 Å². The largest absolute Gasteiger partial charge is 0.478 e. The highest BCUT2D eigenvalue weighted by atomic mass is 32.2. The number of allylic oxidation sites excluding steroid dienone is 1. The van der Waals surface area contributed by atoms with Crippen LogP contribution in [0, 0.1) is 6.92 Å². The molecule has 2 rings (SSSR count). The molecule has 0 amide bonds. The van der Waals surface area contributed by atoms with Crippen LogP contribution in [0.25, 0.3) is 0 Å². The number of amidine groups is 1. The molecule has 0 bridgehead atoms. The van der Waals surface area contributed by atoms with Crippen molar-refractivity contribution in [1.82, 2.24) is 5.32 Å². The molecule has 112 valence electrons. The van der Waals surface area contributed by atoms with Crippen molar-refractivity contribution in [2.45, 2.75) is 33.2 Å². The lowest BCUT2D eigenvalue weighted by Gasteiger charge is -2.24. The van der Waals surface area contributed by atoms with E-state index in [0.717, 1.165) is 28.5 Å². The van der Waals surface area contributed by atoms with Crippen molar-refractivity contribution in [1.29, 1.82) is 0 Å². The lowest BCUT2D eigenvalue weighted by molar-refractivity contribution is -0.133. The molecular formula is C16H20N2O2S. The third-order valence-corrected chi connectivity index (χ3v) is 4.38. The van der Waals surface area contributed by atoms with Crippen molar-refractivity contribution in [3.05, 3.63) is 46.7 Å². The SMILES string of the molecule is CCCSC1=NC(c2ccc(C)cc2)C(C(=O)O)=C(C)N1.